The molecule has 3 rings (SSSR count). The predicted molar refractivity (Wildman–Crippen MR) is 91.0 cm³/mol. The summed E-state index contributed by atoms with van der Waals surface area (Å²) in [5.41, 5.74) is 1.15. The molecule has 0 aliphatic carbocycles. The summed E-state index contributed by atoms with van der Waals surface area (Å²) in [6.07, 6.45) is 5.23. The van der Waals surface area contributed by atoms with Crippen LogP contribution in [0.3, 0.4) is 0 Å². The average Bonchev–Trinajstić information content (AvgIpc) is 2.94. The number of likely N-dealkylation sites (tertiary alicyclic amines) is 1. The Morgan fingerprint density at radius 2 is 1.74 bits per heavy atom. The zero-order valence-corrected chi connectivity index (χ0v) is 14.8. The highest BCUT2D eigenvalue weighted by Crippen LogP contribution is 2.40. The minimum Gasteiger partial charge on any atom is -0.497 e. The monoisotopic (exact) mass is 338 g/mol. The summed E-state index contributed by atoms with van der Waals surface area (Å²) in [5, 5.41) is 0. The Balaban J connectivity index is 1.61. The molecule has 0 saturated carbocycles. The third-order valence-corrected chi connectivity index (χ3v) is 6.66. The van der Waals surface area contributed by atoms with Crippen LogP contribution in [-0.2, 0) is 16.6 Å². The van der Waals surface area contributed by atoms with E-state index in [1.54, 1.807) is 11.4 Å². The van der Waals surface area contributed by atoms with Gasteiger partial charge in [-0.15, -0.1) is 0 Å². The first-order valence-corrected chi connectivity index (χ1v) is 10.1. The lowest BCUT2D eigenvalue weighted by Crippen LogP contribution is -2.53. The van der Waals surface area contributed by atoms with Gasteiger partial charge in [-0.25, -0.2) is 8.42 Å². The Labute approximate surface area is 139 Å². The highest BCUT2D eigenvalue weighted by molar-refractivity contribution is 7.88. The number of hydrogen-bond donors (Lipinski definition) is 0. The molecule has 23 heavy (non-hydrogen) atoms. The standard InChI is InChI=1S/C17H26N2O3S/c1-22-16-6-4-15(5-7-16)14-18-12-9-17(10-13-18)8-3-11-19(17)23(2,20)21/h4-7H,3,8-14H2,1-2H3. The van der Waals surface area contributed by atoms with Crippen molar-refractivity contribution in [1.29, 1.82) is 0 Å². The number of ether oxygens (including phenoxy) is 1. The van der Waals surface area contributed by atoms with Crippen molar-refractivity contribution >= 4 is 10.0 Å². The normalized spacial score (nSPS) is 22.5. The molecular formula is C17H26N2O3S. The van der Waals surface area contributed by atoms with Gasteiger partial charge in [0.15, 0.2) is 0 Å². The quantitative estimate of drug-likeness (QED) is 0.843. The van der Waals surface area contributed by atoms with Crippen molar-refractivity contribution < 1.29 is 13.2 Å². The minimum atomic E-state index is -3.09. The predicted octanol–water partition coefficient (Wildman–Crippen LogP) is 2.09. The second kappa shape index (κ2) is 6.42. The first-order chi connectivity index (χ1) is 10.9. The van der Waals surface area contributed by atoms with Crippen molar-refractivity contribution in [1.82, 2.24) is 9.21 Å². The third kappa shape index (κ3) is 3.54. The fourth-order valence-electron chi connectivity index (χ4n) is 4.05. The lowest BCUT2D eigenvalue weighted by atomic mass is 9.86. The fourth-order valence-corrected chi connectivity index (χ4v) is 5.49. The molecule has 0 atom stereocenters. The molecule has 5 nitrogen and oxygen atoms in total. The van der Waals surface area contributed by atoms with Gasteiger partial charge >= 0.3 is 0 Å². The smallest absolute Gasteiger partial charge is 0.211 e. The fraction of sp³-hybridized carbons (Fsp3) is 0.647. The topological polar surface area (TPSA) is 49.9 Å². The van der Waals surface area contributed by atoms with Gasteiger partial charge in [0.25, 0.3) is 0 Å². The van der Waals surface area contributed by atoms with E-state index in [2.05, 4.69) is 17.0 Å². The zero-order valence-electron chi connectivity index (χ0n) is 14.0. The molecule has 0 aromatic heterocycles. The molecule has 6 heteroatoms. The first-order valence-electron chi connectivity index (χ1n) is 8.26. The summed E-state index contributed by atoms with van der Waals surface area (Å²) in [6, 6.07) is 8.18. The van der Waals surface area contributed by atoms with Gasteiger partial charge in [-0.3, -0.25) is 4.90 Å². The third-order valence-electron chi connectivity index (χ3n) is 5.28. The molecule has 0 amide bonds. The number of rotatable bonds is 4. The summed E-state index contributed by atoms with van der Waals surface area (Å²) in [7, 11) is -1.42. The van der Waals surface area contributed by atoms with Gasteiger partial charge in [-0.1, -0.05) is 12.1 Å². The largest absolute Gasteiger partial charge is 0.497 e. The molecule has 2 heterocycles. The highest BCUT2D eigenvalue weighted by Gasteiger charge is 2.46. The van der Waals surface area contributed by atoms with Crippen LogP contribution < -0.4 is 4.74 Å². The molecule has 0 radical (unpaired) electrons. The molecule has 2 saturated heterocycles. The van der Waals surface area contributed by atoms with Crippen LogP contribution in [0, 0.1) is 0 Å². The Morgan fingerprint density at radius 3 is 2.30 bits per heavy atom. The van der Waals surface area contributed by atoms with Crippen molar-refractivity contribution in [3.05, 3.63) is 29.8 Å². The van der Waals surface area contributed by atoms with E-state index in [-0.39, 0.29) is 5.54 Å². The molecule has 1 spiro atoms. The van der Waals surface area contributed by atoms with Crippen LogP contribution in [-0.4, -0.2) is 56.2 Å². The molecule has 1 aromatic carbocycles. The van der Waals surface area contributed by atoms with Crippen LogP contribution in [0.15, 0.2) is 24.3 Å². The van der Waals surface area contributed by atoms with Crippen molar-refractivity contribution in [3.63, 3.8) is 0 Å². The summed E-state index contributed by atoms with van der Waals surface area (Å²) < 4.78 is 31.0. The van der Waals surface area contributed by atoms with Gasteiger partial charge in [0.1, 0.15) is 5.75 Å². The van der Waals surface area contributed by atoms with Crippen LogP contribution in [0.2, 0.25) is 0 Å². The van der Waals surface area contributed by atoms with E-state index in [1.807, 2.05) is 12.1 Å². The summed E-state index contributed by atoms with van der Waals surface area (Å²) >= 11 is 0. The van der Waals surface area contributed by atoms with Gasteiger partial charge in [-0.2, -0.15) is 4.31 Å². The van der Waals surface area contributed by atoms with E-state index in [1.165, 1.54) is 11.8 Å². The SMILES string of the molecule is COc1ccc(CN2CCC3(CCCN3S(C)(=O)=O)CC2)cc1. The van der Waals surface area contributed by atoms with Crippen molar-refractivity contribution in [2.45, 2.75) is 37.8 Å². The van der Waals surface area contributed by atoms with E-state index in [9.17, 15) is 8.42 Å². The Morgan fingerprint density at radius 1 is 1.09 bits per heavy atom. The van der Waals surface area contributed by atoms with Gasteiger partial charge in [0, 0.05) is 31.7 Å². The Kier molecular flexibility index (Phi) is 4.67. The second-order valence-electron chi connectivity index (χ2n) is 6.79. The van der Waals surface area contributed by atoms with E-state index in [4.69, 9.17) is 4.74 Å². The number of benzene rings is 1. The van der Waals surface area contributed by atoms with Crippen molar-refractivity contribution in [3.8, 4) is 5.75 Å². The van der Waals surface area contributed by atoms with Gasteiger partial charge in [0.2, 0.25) is 10.0 Å². The summed E-state index contributed by atoms with van der Waals surface area (Å²) in [5.74, 6) is 0.876. The maximum atomic E-state index is 12.0. The number of methoxy groups -OCH3 is 1. The molecule has 1 aromatic rings. The van der Waals surface area contributed by atoms with E-state index < -0.39 is 10.0 Å². The first kappa shape index (κ1) is 16.7. The molecule has 0 unspecified atom stereocenters. The molecule has 2 aliphatic rings. The molecule has 128 valence electrons. The molecular weight excluding hydrogens is 312 g/mol. The molecule has 2 fully saturated rings. The van der Waals surface area contributed by atoms with Crippen LogP contribution in [0.25, 0.3) is 0 Å². The second-order valence-corrected chi connectivity index (χ2v) is 8.69. The maximum Gasteiger partial charge on any atom is 0.211 e. The minimum absolute atomic E-state index is 0.121. The van der Waals surface area contributed by atoms with E-state index >= 15 is 0 Å². The zero-order chi connectivity index (χ0) is 16.5. The van der Waals surface area contributed by atoms with Gasteiger partial charge in [0.05, 0.1) is 13.4 Å². The Bertz CT molecular complexity index is 634. The summed E-state index contributed by atoms with van der Waals surface area (Å²) in [6.45, 7) is 3.52. The number of piperidine rings is 1. The van der Waals surface area contributed by atoms with Crippen LogP contribution >= 0.6 is 0 Å². The average molecular weight is 338 g/mol. The number of nitrogens with zero attached hydrogens (tertiary/aromatic N) is 2. The molecule has 2 aliphatic heterocycles. The van der Waals surface area contributed by atoms with Crippen molar-refractivity contribution in [2.75, 3.05) is 33.0 Å². The van der Waals surface area contributed by atoms with Crippen LogP contribution in [0.5, 0.6) is 5.75 Å². The van der Waals surface area contributed by atoms with Gasteiger partial charge in [-0.05, 0) is 43.4 Å². The van der Waals surface area contributed by atoms with E-state index in [0.717, 1.165) is 51.1 Å². The maximum absolute atomic E-state index is 12.0. The van der Waals surface area contributed by atoms with E-state index in [0.29, 0.717) is 6.54 Å². The molecule has 0 bridgehead atoms. The summed E-state index contributed by atoms with van der Waals surface area (Å²) in [4.78, 5) is 2.42. The number of hydrogen-bond acceptors (Lipinski definition) is 4. The van der Waals surface area contributed by atoms with Gasteiger partial charge < -0.3 is 4.74 Å². The van der Waals surface area contributed by atoms with Crippen LogP contribution in [0.4, 0.5) is 0 Å². The molecule has 0 N–H and O–H groups in total. The lowest BCUT2D eigenvalue weighted by Gasteiger charge is -2.43. The highest BCUT2D eigenvalue weighted by atomic mass is 32.2. The van der Waals surface area contributed by atoms with Crippen LogP contribution in [0.1, 0.15) is 31.2 Å². The Hall–Kier alpha value is -1.11. The number of sulfonamides is 1. The lowest BCUT2D eigenvalue weighted by molar-refractivity contribution is 0.0984. The van der Waals surface area contributed by atoms with Crippen molar-refractivity contribution in [2.24, 2.45) is 0 Å².